The second kappa shape index (κ2) is 12.6. The van der Waals surface area contributed by atoms with Crippen LogP contribution in [0.2, 0.25) is 0 Å². The van der Waals surface area contributed by atoms with Gasteiger partial charge in [0.15, 0.2) is 11.5 Å². The lowest BCUT2D eigenvalue weighted by molar-refractivity contribution is -0.147. The molecule has 12 nitrogen and oxygen atoms in total. The predicted octanol–water partition coefficient (Wildman–Crippen LogP) is 1.38. The molecule has 0 aromatic heterocycles. The maximum absolute atomic E-state index is 12.3. The molecule has 0 radical (unpaired) electrons. The van der Waals surface area contributed by atoms with Gasteiger partial charge in [-0.2, -0.15) is 0 Å². The van der Waals surface area contributed by atoms with E-state index in [4.69, 9.17) is 19.3 Å². The minimum Gasteiger partial charge on any atom is -0.504 e. The Bertz CT molecular complexity index is 1040. The normalized spacial score (nSPS) is 11.7. The second-order valence-electron chi connectivity index (χ2n) is 6.88. The molecule has 0 spiro atoms. The van der Waals surface area contributed by atoms with Crippen LogP contribution in [0.1, 0.15) is 18.1 Å². The second-order valence-corrected chi connectivity index (χ2v) is 8.04. The summed E-state index contributed by atoms with van der Waals surface area (Å²) in [5.74, 6) is -2.47. The first-order valence-electron chi connectivity index (χ1n) is 10.0. The van der Waals surface area contributed by atoms with Crippen molar-refractivity contribution in [3.8, 4) is 11.5 Å². The highest BCUT2D eigenvalue weighted by Gasteiger charge is 2.24. The van der Waals surface area contributed by atoms with Gasteiger partial charge in [-0.05, 0) is 30.2 Å². The molecule has 0 bridgehead atoms. The highest BCUT2D eigenvalue weighted by molar-refractivity contribution is 7.46. The number of carbonyl (C=O) groups is 3. The zero-order valence-electron chi connectivity index (χ0n) is 18.2. The van der Waals surface area contributed by atoms with Gasteiger partial charge in [0.1, 0.15) is 19.2 Å². The number of ether oxygens (including phenoxy) is 2. The van der Waals surface area contributed by atoms with E-state index in [0.717, 1.165) is 17.7 Å². The Morgan fingerprint density at radius 2 is 1.74 bits per heavy atom. The van der Waals surface area contributed by atoms with Crippen molar-refractivity contribution in [3.05, 3.63) is 59.7 Å². The Kier molecular flexibility index (Phi) is 9.87. The van der Waals surface area contributed by atoms with E-state index >= 15 is 0 Å². The van der Waals surface area contributed by atoms with Gasteiger partial charge in [0.05, 0.1) is 6.61 Å². The maximum Gasteiger partial charge on any atom is 0.524 e. The molecular formula is C21H25N2O10P. The van der Waals surface area contributed by atoms with Gasteiger partial charge in [-0.1, -0.05) is 36.4 Å². The summed E-state index contributed by atoms with van der Waals surface area (Å²) in [7, 11) is -4.88. The number of hydrogen-bond acceptors (Lipinski definition) is 8. The minimum absolute atomic E-state index is 0.0188. The summed E-state index contributed by atoms with van der Waals surface area (Å²) in [4.78, 5) is 54.1. The Labute approximate surface area is 195 Å². The zero-order valence-corrected chi connectivity index (χ0v) is 19.1. The molecule has 2 amide bonds. The number of amides is 2. The molecule has 13 heteroatoms. The van der Waals surface area contributed by atoms with E-state index in [9.17, 15) is 24.1 Å². The molecule has 0 saturated carbocycles. The van der Waals surface area contributed by atoms with Gasteiger partial charge in [0.2, 0.25) is 5.91 Å². The van der Waals surface area contributed by atoms with Crippen molar-refractivity contribution < 1.29 is 47.8 Å². The Balaban J connectivity index is 1.94. The van der Waals surface area contributed by atoms with Crippen LogP contribution in [0.4, 0.5) is 4.79 Å². The number of esters is 1. The molecule has 184 valence electrons. The quantitative estimate of drug-likeness (QED) is 0.225. The van der Waals surface area contributed by atoms with Gasteiger partial charge >= 0.3 is 19.9 Å². The largest absolute Gasteiger partial charge is 0.524 e. The summed E-state index contributed by atoms with van der Waals surface area (Å²) in [5.41, 5.74) is 1.11. The van der Waals surface area contributed by atoms with E-state index in [1.54, 1.807) is 31.2 Å². The van der Waals surface area contributed by atoms with E-state index in [2.05, 4.69) is 15.2 Å². The average molecular weight is 496 g/mol. The molecule has 0 aliphatic carbocycles. The molecule has 5 N–H and O–H groups in total. The van der Waals surface area contributed by atoms with Crippen molar-refractivity contribution in [1.29, 1.82) is 0 Å². The first kappa shape index (κ1) is 26.7. The topological polar surface area (TPSA) is 181 Å². The number of phenols is 1. The van der Waals surface area contributed by atoms with Gasteiger partial charge in [-0.15, -0.1) is 0 Å². The molecule has 2 rings (SSSR count). The van der Waals surface area contributed by atoms with Crippen LogP contribution in [0.15, 0.2) is 48.5 Å². The zero-order chi connectivity index (χ0) is 25.1. The number of hydrogen-bond donors (Lipinski definition) is 5. The van der Waals surface area contributed by atoms with Crippen LogP contribution >= 0.6 is 7.82 Å². The number of phenolic OH excluding ortho intramolecular Hbond substituents is 1. The summed E-state index contributed by atoms with van der Waals surface area (Å²) >= 11 is 0. The molecule has 34 heavy (non-hydrogen) atoms. The number of nitrogens with one attached hydrogen (secondary N) is 2. The summed E-state index contributed by atoms with van der Waals surface area (Å²) in [5, 5.41) is 14.6. The third kappa shape index (κ3) is 9.49. The highest BCUT2D eigenvalue weighted by Crippen LogP contribution is 2.41. The summed E-state index contributed by atoms with van der Waals surface area (Å²) in [6, 6.07) is 11.4. The Morgan fingerprint density at radius 1 is 1.03 bits per heavy atom. The van der Waals surface area contributed by atoms with E-state index in [-0.39, 0.29) is 19.6 Å². The number of alkyl carbamates (subject to hydrolysis) is 1. The van der Waals surface area contributed by atoms with Crippen LogP contribution in [0, 0.1) is 0 Å². The lowest BCUT2D eigenvalue weighted by Crippen LogP contribution is -2.47. The Hall–Kier alpha value is -3.60. The first-order valence-corrected chi connectivity index (χ1v) is 11.6. The van der Waals surface area contributed by atoms with E-state index < -0.39 is 49.9 Å². The number of aromatic hydroxyl groups is 1. The number of rotatable bonds is 11. The molecular weight excluding hydrogens is 471 g/mol. The van der Waals surface area contributed by atoms with Crippen molar-refractivity contribution in [2.75, 3.05) is 13.2 Å². The highest BCUT2D eigenvalue weighted by atomic mass is 31.2. The molecule has 0 aliphatic heterocycles. The van der Waals surface area contributed by atoms with Crippen LogP contribution in [-0.2, 0) is 36.7 Å². The fourth-order valence-electron chi connectivity index (χ4n) is 2.74. The SMILES string of the molecule is CCOC(=O)[C@H](Cc1ccc(OP(=O)(O)O)c(O)c1)NC(=O)CNC(=O)OCc1ccccc1. The van der Waals surface area contributed by atoms with Crippen molar-refractivity contribution in [1.82, 2.24) is 10.6 Å². The average Bonchev–Trinajstić information content (AvgIpc) is 2.77. The first-order chi connectivity index (χ1) is 16.1. The standard InChI is InChI=1S/C21H25N2O10P/c1-2-31-20(26)16(10-15-8-9-18(17(24)11-15)33-34(28,29)30)23-19(25)12-22-21(27)32-13-14-6-4-3-5-7-14/h3-9,11,16,24H,2,10,12-13H2,1H3,(H,22,27)(H,23,25)(H2,28,29,30)/t16-/m0/s1. The van der Waals surface area contributed by atoms with Crippen LogP contribution in [0.25, 0.3) is 0 Å². The third-order valence-corrected chi connectivity index (χ3v) is 4.63. The van der Waals surface area contributed by atoms with Crippen molar-refractivity contribution in [3.63, 3.8) is 0 Å². The molecule has 1 atom stereocenters. The van der Waals surface area contributed by atoms with Gasteiger partial charge in [0, 0.05) is 6.42 Å². The van der Waals surface area contributed by atoms with Gasteiger partial charge < -0.3 is 29.7 Å². The fourth-order valence-corrected chi connectivity index (χ4v) is 3.15. The van der Waals surface area contributed by atoms with Crippen molar-refractivity contribution in [2.45, 2.75) is 26.0 Å². The van der Waals surface area contributed by atoms with E-state index in [1.165, 1.54) is 6.07 Å². The molecule has 0 heterocycles. The molecule has 0 unspecified atom stereocenters. The summed E-state index contributed by atoms with van der Waals surface area (Å²) < 4.78 is 25.2. The maximum atomic E-state index is 12.3. The van der Waals surface area contributed by atoms with Crippen molar-refractivity contribution in [2.24, 2.45) is 0 Å². The van der Waals surface area contributed by atoms with Crippen LogP contribution < -0.4 is 15.2 Å². The smallest absolute Gasteiger partial charge is 0.504 e. The summed E-state index contributed by atoms with van der Waals surface area (Å²) in [6.07, 6.45) is -0.940. The van der Waals surface area contributed by atoms with Crippen LogP contribution in [0.3, 0.4) is 0 Å². The monoisotopic (exact) mass is 496 g/mol. The number of phosphoric acid groups is 1. The van der Waals surface area contributed by atoms with Crippen LogP contribution in [-0.4, -0.2) is 52.1 Å². The molecule has 2 aromatic carbocycles. The van der Waals surface area contributed by atoms with Crippen molar-refractivity contribution >= 4 is 25.8 Å². The number of phosphoric ester groups is 1. The van der Waals surface area contributed by atoms with Gasteiger partial charge in [-0.25, -0.2) is 14.2 Å². The molecule has 0 saturated heterocycles. The molecule has 2 aromatic rings. The minimum atomic E-state index is -4.88. The molecule has 0 aliphatic rings. The number of benzene rings is 2. The lowest BCUT2D eigenvalue weighted by atomic mass is 10.1. The number of carbonyl (C=O) groups excluding carboxylic acids is 3. The van der Waals surface area contributed by atoms with E-state index in [1.807, 2.05) is 6.07 Å². The predicted molar refractivity (Wildman–Crippen MR) is 118 cm³/mol. The lowest BCUT2D eigenvalue weighted by Gasteiger charge is -2.18. The molecule has 0 fully saturated rings. The van der Waals surface area contributed by atoms with E-state index in [0.29, 0.717) is 5.56 Å². The van der Waals surface area contributed by atoms with Gasteiger partial charge in [0.25, 0.3) is 0 Å². The third-order valence-electron chi connectivity index (χ3n) is 4.19. The van der Waals surface area contributed by atoms with Crippen LogP contribution in [0.5, 0.6) is 11.5 Å². The summed E-state index contributed by atoms with van der Waals surface area (Å²) in [6.45, 7) is 1.19. The van der Waals surface area contributed by atoms with Gasteiger partial charge in [-0.3, -0.25) is 14.6 Å². The fraction of sp³-hybridized carbons (Fsp3) is 0.286. The Morgan fingerprint density at radius 3 is 2.35 bits per heavy atom.